The molecule has 2 aromatic heterocycles. The lowest BCUT2D eigenvalue weighted by Gasteiger charge is -2.13. The lowest BCUT2D eigenvalue weighted by atomic mass is 10.0. The summed E-state index contributed by atoms with van der Waals surface area (Å²) in [5, 5.41) is 13.6. The minimum atomic E-state index is -1.01. The van der Waals surface area contributed by atoms with Gasteiger partial charge in [-0.05, 0) is 54.8 Å². The Kier molecular flexibility index (Phi) is 6.33. The standard InChI is InChI=1S/C30H25N3O3/c1-20-10-14-23(15-11-20)24-16-12-22(13-17-24)19-36-28-8-4-3-6-25(28)27-7-5-9-29(32-27)33-21(2)26(18-31-33)30(34)35/h3-18H,19H2,1-2H3,(H,34,35). The van der Waals surface area contributed by atoms with Crippen molar-refractivity contribution in [1.82, 2.24) is 14.8 Å². The van der Waals surface area contributed by atoms with Gasteiger partial charge in [-0.25, -0.2) is 14.5 Å². The first-order valence-corrected chi connectivity index (χ1v) is 11.6. The molecule has 0 bridgehead atoms. The Morgan fingerprint density at radius 2 is 1.56 bits per heavy atom. The summed E-state index contributed by atoms with van der Waals surface area (Å²) in [4.78, 5) is 16.1. The highest BCUT2D eigenvalue weighted by molar-refractivity contribution is 5.88. The van der Waals surface area contributed by atoms with Gasteiger partial charge in [0.15, 0.2) is 5.82 Å². The summed E-state index contributed by atoms with van der Waals surface area (Å²) < 4.78 is 7.74. The summed E-state index contributed by atoms with van der Waals surface area (Å²) in [5.41, 5.74) is 6.89. The summed E-state index contributed by atoms with van der Waals surface area (Å²) in [5.74, 6) is 0.243. The summed E-state index contributed by atoms with van der Waals surface area (Å²) in [7, 11) is 0. The molecule has 0 aliphatic carbocycles. The minimum Gasteiger partial charge on any atom is -0.488 e. The Balaban J connectivity index is 1.36. The molecule has 0 aliphatic rings. The third-order valence-electron chi connectivity index (χ3n) is 6.09. The molecule has 6 heteroatoms. The molecule has 0 saturated heterocycles. The van der Waals surface area contributed by atoms with Crippen LogP contribution in [-0.2, 0) is 6.61 Å². The van der Waals surface area contributed by atoms with Crippen LogP contribution in [0.4, 0.5) is 0 Å². The molecule has 0 unspecified atom stereocenters. The van der Waals surface area contributed by atoms with E-state index in [-0.39, 0.29) is 5.56 Å². The van der Waals surface area contributed by atoms with Gasteiger partial charge in [-0.15, -0.1) is 0 Å². The van der Waals surface area contributed by atoms with Gasteiger partial charge in [-0.3, -0.25) is 0 Å². The van der Waals surface area contributed by atoms with E-state index < -0.39 is 5.97 Å². The van der Waals surface area contributed by atoms with E-state index in [1.165, 1.54) is 27.6 Å². The van der Waals surface area contributed by atoms with Crippen LogP contribution in [0.3, 0.4) is 0 Å². The van der Waals surface area contributed by atoms with Crippen LogP contribution < -0.4 is 4.74 Å². The number of nitrogens with zero attached hydrogens (tertiary/aromatic N) is 3. The van der Waals surface area contributed by atoms with Gasteiger partial charge < -0.3 is 9.84 Å². The maximum Gasteiger partial charge on any atom is 0.339 e. The number of benzene rings is 3. The first kappa shape index (κ1) is 23.1. The lowest BCUT2D eigenvalue weighted by Crippen LogP contribution is -2.05. The van der Waals surface area contributed by atoms with Crippen LogP contribution in [0.2, 0.25) is 0 Å². The third-order valence-corrected chi connectivity index (χ3v) is 6.09. The third kappa shape index (κ3) is 4.74. The van der Waals surface area contributed by atoms with Gasteiger partial charge in [0.2, 0.25) is 0 Å². The summed E-state index contributed by atoms with van der Waals surface area (Å²) in [6, 6.07) is 30.2. The predicted octanol–water partition coefficient (Wildman–Crippen LogP) is 6.50. The van der Waals surface area contributed by atoms with Gasteiger partial charge in [0, 0.05) is 5.56 Å². The number of aromatic carboxylic acids is 1. The molecule has 178 valence electrons. The zero-order valence-electron chi connectivity index (χ0n) is 20.1. The monoisotopic (exact) mass is 475 g/mol. The fourth-order valence-electron chi connectivity index (χ4n) is 4.05. The number of pyridine rings is 1. The molecule has 0 saturated carbocycles. The van der Waals surface area contributed by atoms with E-state index in [4.69, 9.17) is 9.72 Å². The van der Waals surface area contributed by atoms with E-state index in [1.54, 1.807) is 13.0 Å². The SMILES string of the molecule is Cc1ccc(-c2ccc(COc3ccccc3-c3cccc(-n4ncc(C(=O)O)c4C)n3)cc2)cc1. The van der Waals surface area contributed by atoms with E-state index >= 15 is 0 Å². The number of rotatable bonds is 7. The first-order valence-electron chi connectivity index (χ1n) is 11.6. The molecule has 5 rings (SSSR count). The Morgan fingerprint density at radius 1 is 0.861 bits per heavy atom. The molecule has 0 fully saturated rings. The number of carbonyl (C=O) groups is 1. The Labute approximate surface area is 209 Å². The second kappa shape index (κ2) is 9.88. The fraction of sp³-hybridized carbons (Fsp3) is 0.100. The average Bonchev–Trinajstić information content (AvgIpc) is 3.30. The molecular formula is C30H25N3O3. The molecule has 5 aromatic rings. The highest BCUT2D eigenvalue weighted by atomic mass is 16.5. The predicted molar refractivity (Wildman–Crippen MR) is 139 cm³/mol. The summed E-state index contributed by atoms with van der Waals surface area (Å²) in [6.45, 7) is 4.22. The van der Waals surface area contributed by atoms with Gasteiger partial charge >= 0.3 is 5.97 Å². The summed E-state index contributed by atoms with van der Waals surface area (Å²) in [6.07, 6.45) is 1.34. The normalized spacial score (nSPS) is 10.8. The van der Waals surface area contributed by atoms with Crippen molar-refractivity contribution >= 4 is 5.97 Å². The van der Waals surface area contributed by atoms with E-state index in [1.807, 2.05) is 36.4 Å². The van der Waals surface area contributed by atoms with Gasteiger partial charge in [-0.1, -0.05) is 72.3 Å². The maximum absolute atomic E-state index is 11.4. The van der Waals surface area contributed by atoms with E-state index in [2.05, 4.69) is 60.6 Å². The van der Waals surface area contributed by atoms with Crippen molar-refractivity contribution in [2.45, 2.75) is 20.5 Å². The molecule has 1 N–H and O–H groups in total. The highest BCUT2D eigenvalue weighted by Gasteiger charge is 2.16. The topological polar surface area (TPSA) is 77.2 Å². The molecular weight excluding hydrogens is 450 g/mol. The zero-order valence-corrected chi connectivity index (χ0v) is 20.1. The van der Waals surface area contributed by atoms with Crippen LogP contribution in [0, 0.1) is 13.8 Å². The summed E-state index contributed by atoms with van der Waals surface area (Å²) >= 11 is 0. The molecule has 3 aromatic carbocycles. The molecule has 2 heterocycles. The number of ether oxygens (including phenoxy) is 1. The van der Waals surface area contributed by atoms with Crippen molar-refractivity contribution in [3.63, 3.8) is 0 Å². The van der Waals surface area contributed by atoms with Crippen LogP contribution in [-0.4, -0.2) is 25.8 Å². The van der Waals surface area contributed by atoms with Crippen LogP contribution in [0.25, 0.3) is 28.2 Å². The molecule has 36 heavy (non-hydrogen) atoms. The number of hydrogen-bond acceptors (Lipinski definition) is 4. The number of carboxylic acids is 1. The van der Waals surface area contributed by atoms with Crippen LogP contribution in [0.5, 0.6) is 5.75 Å². The second-order valence-corrected chi connectivity index (χ2v) is 8.59. The number of hydrogen-bond donors (Lipinski definition) is 1. The smallest absolute Gasteiger partial charge is 0.339 e. The van der Waals surface area contributed by atoms with Gasteiger partial charge in [0.1, 0.15) is 17.9 Å². The molecule has 0 spiro atoms. The van der Waals surface area contributed by atoms with Crippen molar-refractivity contribution in [3.05, 3.63) is 120 Å². The molecule has 0 atom stereocenters. The van der Waals surface area contributed by atoms with Gasteiger partial charge in [-0.2, -0.15) is 5.10 Å². The quantitative estimate of drug-likeness (QED) is 0.291. The number of carboxylic acid groups (broad SMARTS) is 1. The molecule has 0 radical (unpaired) electrons. The van der Waals surface area contributed by atoms with Gasteiger partial charge in [0.25, 0.3) is 0 Å². The number of aryl methyl sites for hydroxylation is 1. The number of aromatic nitrogens is 3. The Hall–Kier alpha value is -4.71. The minimum absolute atomic E-state index is 0.152. The Morgan fingerprint density at radius 3 is 2.25 bits per heavy atom. The highest BCUT2D eigenvalue weighted by Crippen LogP contribution is 2.30. The van der Waals surface area contributed by atoms with Crippen molar-refractivity contribution in [1.29, 1.82) is 0 Å². The fourth-order valence-corrected chi connectivity index (χ4v) is 4.05. The van der Waals surface area contributed by atoms with Crippen LogP contribution >= 0.6 is 0 Å². The first-order chi connectivity index (χ1) is 17.5. The van der Waals surface area contributed by atoms with Crippen LogP contribution in [0.1, 0.15) is 27.2 Å². The van der Waals surface area contributed by atoms with Crippen molar-refractivity contribution < 1.29 is 14.6 Å². The molecule has 6 nitrogen and oxygen atoms in total. The average molecular weight is 476 g/mol. The van der Waals surface area contributed by atoms with Crippen molar-refractivity contribution in [3.8, 4) is 34.0 Å². The second-order valence-electron chi connectivity index (χ2n) is 8.59. The number of para-hydroxylation sites is 1. The lowest BCUT2D eigenvalue weighted by molar-refractivity contribution is 0.0696. The Bertz CT molecular complexity index is 1520. The van der Waals surface area contributed by atoms with Gasteiger partial charge in [0.05, 0.1) is 17.6 Å². The van der Waals surface area contributed by atoms with Crippen molar-refractivity contribution in [2.75, 3.05) is 0 Å². The van der Waals surface area contributed by atoms with Crippen molar-refractivity contribution in [2.24, 2.45) is 0 Å². The zero-order chi connectivity index (χ0) is 25.1. The molecule has 0 aliphatic heterocycles. The van der Waals surface area contributed by atoms with Crippen LogP contribution in [0.15, 0.2) is 97.2 Å². The molecule has 0 amide bonds. The largest absolute Gasteiger partial charge is 0.488 e. The maximum atomic E-state index is 11.4. The van der Waals surface area contributed by atoms with E-state index in [0.717, 1.165) is 11.1 Å². The van der Waals surface area contributed by atoms with E-state index in [0.29, 0.717) is 29.6 Å². The van der Waals surface area contributed by atoms with E-state index in [9.17, 15) is 9.90 Å².